The molecule has 2 aromatic rings. The summed E-state index contributed by atoms with van der Waals surface area (Å²) in [7, 11) is 1.17. The normalized spacial score (nSPS) is 11.3. The zero-order valence-electron chi connectivity index (χ0n) is 13.1. The Bertz CT molecular complexity index is 711. The Morgan fingerprint density at radius 2 is 1.96 bits per heavy atom. The molecule has 0 fully saturated rings. The Morgan fingerprint density at radius 1 is 1.30 bits per heavy atom. The zero-order valence-corrected chi connectivity index (χ0v) is 13.1. The van der Waals surface area contributed by atoms with E-state index in [0.717, 1.165) is 11.1 Å². The Balaban J connectivity index is 2.21. The predicted molar refractivity (Wildman–Crippen MR) is 79.8 cm³/mol. The lowest BCUT2D eigenvalue weighted by molar-refractivity contribution is 0.0931. The molecule has 1 N–H and O–H groups in total. The zero-order chi connectivity index (χ0) is 17.1. The molecule has 2 rings (SSSR count). The lowest BCUT2D eigenvalue weighted by atomic mass is 9.97. The first-order valence-corrected chi connectivity index (χ1v) is 7.19. The molecule has 0 spiro atoms. The van der Waals surface area contributed by atoms with E-state index in [0.29, 0.717) is 4.68 Å². The molecule has 0 aliphatic heterocycles. The molecule has 7 heteroatoms. The summed E-state index contributed by atoms with van der Waals surface area (Å²) in [5, 5.41) is 5.86. The van der Waals surface area contributed by atoms with Crippen LogP contribution in [0.5, 0.6) is 0 Å². The highest BCUT2D eigenvalue weighted by Gasteiger charge is 2.28. The number of hydrogen-bond acceptors (Lipinski definition) is 2. The first-order valence-electron chi connectivity index (χ1n) is 7.19. The number of halogens is 3. The fraction of sp³-hybridized carbons (Fsp3) is 0.375. The molecule has 0 aliphatic rings. The van der Waals surface area contributed by atoms with Crippen LogP contribution in [0.15, 0.2) is 24.3 Å². The number of aromatic nitrogens is 2. The number of alkyl halides is 2. The number of aryl methyl sites for hydroxylation is 1. The van der Waals surface area contributed by atoms with Crippen LogP contribution in [0.2, 0.25) is 0 Å². The molecule has 0 unspecified atom stereocenters. The van der Waals surface area contributed by atoms with E-state index >= 15 is 0 Å². The van der Waals surface area contributed by atoms with E-state index in [-0.39, 0.29) is 12.5 Å². The number of nitrogens with zero attached hydrogens (tertiary/aromatic N) is 2. The van der Waals surface area contributed by atoms with E-state index in [4.69, 9.17) is 0 Å². The quantitative estimate of drug-likeness (QED) is 0.914. The Morgan fingerprint density at radius 3 is 2.57 bits per heavy atom. The van der Waals surface area contributed by atoms with Crippen LogP contribution in [-0.4, -0.2) is 15.7 Å². The van der Waals surface area contributed by atoms with Crippen molar-refractivity contribution in [3.05, 3.63) is 52.6 Å². The van der Waals surface area contributed by atoms with E-state index in [2.05, 4.69) is 10.4 Å². The second-order valence-electron chi connectivity index (χ2n) is 5.51. The SMILES string of the molecule is CC(C)c1ccccc1CNC(=O)c1c(C(F)F)nn(C)c1F. The average Bonchev–Trinajstić information content (AvgIpc) is 2.81. The molecule has 4 nitrogen and oxygen atoms in total. The second kappa shape index (κ2) is 6.85. The van der Waals surface area contributed by atoms with Crippen molar-refractivity contribution in [3.63, 3.8) is 0 Å². The van der Waals surface area contributed by atoms with Gasteiger partial charge in [0, 0.05) is 13.6 Å². The van der Waals surface area contributed by atoms with Crippen molar-refractivity contribution < 1.29 is 18.0 Å². The topological polar surface area (TPSA) is 46.9 Å². The van der Waals surface area contributed by atoms with Gasteiger partial charge in [-0.05, 0) is 17.0 Å². The minimum Gasteiger partial charge on any atom is -0.348 e. The molecular formula is C16H18F3N3O. The second-order valence-corrected chi connectivity index (χ2v) is 5.51. The fourth-order valence-corrected chi connectivity index (χ4v) is 2.41. The monoisotopic (exact) mass is 325 g/mol. The number of amides is 1. The van der Waals surface area contributed by atoms with E-state index < -0.39 is 29.5 Å². The summed E-state index contributed by atoms with van der Waals surface area (Å²) in [6, 6.07) is 7.48. The van der Waals surface area contributed by atoms with Gasteiger partial charge < -0.3 is 5.32 Å². The Hall–Kier alpha value is -2.31. The average molecular weight is 325 g/mol. The van der Waals surface area contributed by atoms with Crippen molar-refractivity contribution in [2.45, 2.75) is 32.7 Å². The van der Waals surface area contributed by atoms with Crippen molar-refractivity contribution in [3.8, 4) is 0 Å². The highest BCUT2D eigenvalue weighted by molar-refractivity contribution is 5.95. The molecule has 124 valence electrons. The van der Waals surface area contributed by atoms with Gasteiger partial charge in [0.25, 0.3) is 12.3 Å². The molecule has 0 bridgehead atoms. The van der Waals surface area contributed by atoms with Crippen LogP contribution in [0.3, 0.4) is 0 Å². The maximum Gasteiger partial charge on any atom is 0.283 e. The van der Waals surface area contributed by atoms with Crippen LogP contribution in [-0.2, 0) is 13.6 Å². The molecule has 1 heterocycles. The van der Waals surface area contributed by atoms with Gasteiger partial charge in [0.15, 0.2) is 0 Å². The highest BCUT2D eigenvalue weighted by atomic mass is 19.3. The maximum absolute atomic E-state index is 13.9. The predicted octanol–water partition coefficient (Wildman–Crippen LogP) is 3.55. The molecule has 23 heavy (non-hydrogen) atoms. The third-order valence-corrected chi connectivity index (χ3v) is 3.55. The molecule has 1 aromatic carbocycles. The van der Waals surface area contributed by atoms with E-state index in [1.54, 1.807) is 0 Å². The number of benzene rings is 1. The molecule has 0 aliphatic carbocycles. The van der Waals surface area contributed by atoms with Gasteiger partial charge in [-0.1, -0.05) is 38.1 Å². The van der Waals surface area contributed by atoms with Crippen LogP contribution >= 0.6 is 0 Å². The van der Waals surface area contributed by atoms with Crippen LogP contribution in [0.4, 0.5) is 13.2 Å². The van der Waals surface area contributed by atoms with E-state index in [9.17, 15) is 18.0 Å². The third kappa shape index (κ3) is 3.55. The fourth-order valence-electron chi connectivity index (χ4n) is 2.41. The summed E-state index contributed by atoms with van der Waals surface area (Å²) in [4.78, 5) is 12.1. The lowest BCUT2D eigenvalue weighted by Crippen LogP contribution is -2.25. The molecule has 0 saturated carbocycles. The number of rotatable bonds is 5. The standard InChI is InChI=1S/C16H18F3N3O/c1-9(2)11-7-5-4-6-10(11)8-20-16(23)12-13(14(17)18)21-22(3)15(12)19/h4-7,9,14H,8H2,1-3H3,(H,20,23). The summed E-state index contributed by atoms with van der Waals surface area (Å²) in [6.07, 6.45) is -3.02. The third-order valence-electron chi connectivity index (χ3n) is 3.55. The smallest absolute Gasteiger partial charge is 0.283 e. The van der Waals surface area contributed by atoms with Gasteiger partial charge in [0.1, 0.15) is 11.3 Å². The first-order chi connectivity index (χ1) is 10.8. The van der Waals surface area contributed by atoms with Crippen molar-refractivity contribution in [1.29, 1.82) is 0 Å². The highest BCUT2D eigenvalue weighted by Crippen LogP contribution is 2.24. The van der Waals surface area contributed by atoms with Gasteiger partial charge in [0.05, 0.1) is 0 Å². The van der Waals surface area contributed by atoms with Gasteiger partial charge >= 0.3 is 0 Å². The molecule has 1 aromatic heterocycles. The van der Waals surface area contributed by atoms with E-state index in [1.165, 1.54) is 7.05 Å². The minimum atomic E-state index is -3.02. The molecule has 0 atom stereocenters. The summed E-state index contributed by atoms with van der Waals surface area (Å²) >= 11 is 0. The summed E-state index contributed by atoms with van der Waals surface area (Å²) < 4.78 is 40.3. The molecule has 0 saturated heterocycles. The summed E-state index contributed by atoms with van der Waals surface area (Å²) in [5.41, 5.74) is 0.344. The van der Waals surface area contributed by atoms with Gasteiger partial charge in [0.2, 0.25) is 5.95 Å². The number of carbonyl (C=O) groups excluding carboxylic acids is 1. The largest absolute Gasteiger partial charge is 0.348 e. The number of nitrogens with one attached hydrogen (secondary N) is 1. The van der Waals surface area contributed by atoms with Crippen molar-refractivity contribution in [1.82, 2.24) is 15.1 Å². The van der Waals surface area contributed by atoms with E-state index in [1.807, 2.05) is 38.1 Å². The van der Waals surface area contributed by atoms with Crippen LogP contribution < -0.4 is 5.32 Å². The first kappa shape index (κ1) is 17.1. The minimum absolute atomic E-state index is 0.129. The van der Waals surface area contributed by atoms with Crippen molar-refractivity contribution in [2.24, 2.45) is 7.05 Å². The van der Waals surface area contributed by atoms with Crippen LogP contribution in [0.25, 0.3) is 0 Å². The molecule has 1 amide bonds. The van der Waals surface area contributed by atoms with Crippen molar-refractivity contribution in [2.75, 3.05) is 0 Å². The van der Waals surface area contributed by atoms with Crippen molar-refractivity contribution >= 4 is 5.91 Å². The van der Waals surface area contributed by atoms with Crippen LogP contribution in [0.1, 0.15) is 53.4 Å². The van der Waals surface area contributed by atoms with Gasteiger partial charge in [-0.15, -0.1) is 0 Å². The van der Waals surface area contributed by atoms with Crippen LogP contribution in [0, 0.1) is 5.95 Å². The Labute approximate surface area is 132 Å². The van der Waals surface area contributed by atoms with Gasteiger partial charge in [-0.3, -0.25) is 4.79 Å². The maximum atomic E-state index is 13.9. The summed E-state index contributed by atoms with van der Waals surface area (Å²) in [6.45, 7) is 4.15. The molecular weight excluding hydrogens is 307 g/mol. The van der Waals surface area contributed by atoms with Gasteiger partial charge in [-0.25, -0.2) is 13.5 Å². The van der Waals surface area contributed by atoms with Gasteiger partial charge in [-0.2, -0.15) is 9.49 Å². The number of carbonyl (C=O) groups is 1. The number of hydrogen-bond donors (Lipinski definition) is 1. The summed E-state index contributed by atoms with van der Waals surface area (Å²) in [5.74, 6) is -1.73. The Kier molecular flexibility index (Phi) is 5.08. The molecule has 0 radical (unpaired) electrons. The lowest BCUT2D eigenvalue weighted by Gasteiger charge is -2.13.